The summed E-state index contributed by atoms with van der Waals surface area (Å²) < 4.78 is 0. The molecule has 1 rings (SSSR count). The molecule has 1 aliphatic heterocycles. The van der Waals surface area contributed by atoms with Crippen molar-refractivity contribution in [2.24, 2.45) is 0 Å². The van der Waals surface area contributed by atoms with Gasteiger partial charge in [-0.15, -0.1) is 6.42 Å². The third-order valence-corrected chi connectivity index (χ3v) is 2.28. The molecule has 0 unspecified atom stereocenters. The summed E-state index contributed by atoms with van der Waals surface area (Å²) in [5, 5.41) is 0. The van der Waals surface area contributed by atoms with Crippen LogP contribution in [0.2, 0.25) is 0 Å². The molecule has 2 heteroatoms. The van der Waals surface area contributed by atoms with Crippen LogP contribution >= 0.6 is 0 Å². The van der Waals surface area contributed by atoms with Crippen molar-refractivity contribution in [1.82, 2.24) is 9.80 Å². The summed E-state index contributed by atoms with van der Waals surface area (Å²) in [5.41, 5.74) is 0. The van der Waals surface area contributed by atoms with Crippen LogP contribution in [0.5, 0.6) is 0 Å². The molecule has 0 amide bonds. The van der Waals surface area contributed by atoms with E-state index >= 15 is 0 Å². The average molecular weight is 166 g/mol. The second kappa shape index (κ2) is 5.18. The molecule has 1 aliphatic rings. The molecule has 0 bridgehead atoms. The Morgan fingerprint density at radius 2 is 2.08 bits per heavy atom. The van der Waals surface area contributed by atoms with E-state index in [1.807, 2.05) is 0 Å². The Labute approximate surface area is 75.5 Å². The Hall–Kier alpha value is -0.520. The number of unbranched alkanes of at least 4 members (excludes halogenated alkanes) is 1. The molecular formula is C10H18N2. The third kappa shape index (κ3) is 2.84. The number of hydrogen-bond donors (Lipinski definition) is 0. The van der Waals surface area contributed by atoms with Crippen molar-refractivity contribution in [1.29, 1.82) is 0 Å². The number of nitrogens with zero attached hydrogens (tertiary/aromatic N) is 2. The normalized spacial score (nSPS) is 19.7. The second-order valence-electron chi connectivity index (χ2n) is 3.37. The minimum Gasteiger partial charge on any atom is -0.289 e. The van der Waals surface area contributed by atoms with Gasteiger partial charge in [-0.05, 0) is 13.0 Å². The van der Waals surface area contributed by atoms with Crippen LogP contribution in [0.15, 0.2) is 0 Å². The first-order valence-corrected chi connectivity index (χ1v) is 4.75. The highest BCUT2D eigenvalue weighted by Gasteiger charge is 2.17. The van der Waals surface area contributed by atoms with Gasteiger partial charge in [0.1, 0.15) is 0 Å². The number of terminal acetylenes is 1. The van der Waals surface area contributed by atoms with E-state index in [9.17, 15) is 0 Å². The van der Waals surface area contributed by atoms with Crippen LogP contribution in [0.1, 0.15) is 19.8 Å². The van der Waals surface area contributed by atoms with Gasteiger partial charge in [-0.25, -0.2) is 0 Å². The van der Waals surface area contributed by atoms with Crippen molar-refractivity contribution < 1.29 is 0 Å². The molecule has 12 heavy (non-hydrogen) atoms. The summed E-state index contributed by atoms with van der Waals surface area (Å²) in [7, 11) is 0. The van der Waals surface area contributed by atoms with E-state index in [2.05, 4.69) is 22.6 Å². The highest BCUT2D eigenvalue weighted by atomic mass is 15.4. The van der Waals surface area contributed by atoms with Gasteiger partial charge in [-0.1, -0.05) is 19.3 Å². The predicted molar refractivity (Wildman–Crippen MR) is 51.8 cm³/mol. The standard InChI is InChI=1S/C10H18N2/c1-3-5-7-12-9-8-11(10-12)6-4-2/h2H,3,5-10H2,1H3. The summed E-state index contributed by atoms with van der Waals surface area (Å²) in [6.07, 6.45) is 7.84. The highest BCUT2D eigenvalue weighted by Crippen LogP contribution is 2.04. The highest BCUT2D eigenvalue weighted by molar-refractivity contribution is 4.89. The molecular weight excluding hydrogens is 148 g/mol. The molecule has 2 nitrogen and oxygen atoms in total. The Bertz CT molecular complexity index is 160. The molecule has 1 fully saturated rings. The van der Waals surface area contributed by atoms with Crippen molar-refractivity contribution in [3.8, 4) is 12.3 Å². The lowest BCUT2D eigenvalue weighted by Gasteiger charge is -2.15. The van der Waals surface area contributed by atoms with Gasteiger partial charge in [0.25, 0.3) is 0 Å². The first kappa shape index (κ1) is 9.57. The summed E-state index contributed by atoms with van der Waals surface area (Å²) in [5.74, 6) is 2.69. The van der Waals surface area contributed by atoms with Gasteiger partial charge in [0.05, 0.1) is 13.2 Å². The van der Waals surface area contributed by atoms with Crippen LogP contribution in [0.4, 0.5) is 0 Å². The average Bonchev–Trinajstić information content (AvgIpc) is 2.50. The second-order valence-corrected chi connectivity index (χ2v) is 3.37. The van der Waals surface area contributed by atoms with Crippen LogP contribution in [0, 0.1) is 12.3 Å². The maximum atomic E-state index is 5.24. The Balaban J connectivity index is 2.13. The molecule has 0 N–H and O–H groups in total. The van der Waals surface area contributed by atoms with Crippen molar-refractivity contribution >= 4 is 0 Å². The van der Waals surface area contributed by atoms with Crippen molar-refractivity contribution in [3.63, 3.8) is 0 Å². The number of hydrogen-bond acceptors (Lipinski definition) is 2. The van der Waals surface area contributed by atoms with Gasteiger partial charge in [0.15, 0.2) is 0 Å². The molecule has 0 saturated carbocycles. The topological polar surface area (TPSA) is 6.48 Å². The largest absolute Gasteiger partial charge is 0.289 e. The SMILES string of the molecule is C#CCN1CCN(CCCC)C1. The Kier molecular flexibility index (Phi) is 4.13. The van der Waals surface area contributed by atoms with Crippen molar-refractivity contribution in [2.75, 3.05) is 32.8 Å². The van der Waals surface area contributed by atoms with E-state index in [-0.39, 0.29) is 0 Å². The fraction of sp³-hybridized carbons (Fsp3) is 0.800. The lowest BCUT2D eigenvalue weighted by molar-refractivity contribution is 0.260. The maximum Gasteiger partial charge on any atom is 0.0610 e. The molecule has 0 atom stereocenters. The van der Waals surface area contributed by atoms with Crippen molar-refractivity contribution in [3.05, 3.63) is 0 Å². The van der Waals surface area contributed by atoms with E-state index in [1.165, 1.54) is 25.9 Å². The van der Waals surface area contributed by atoms with E-state index in [1.54, 1.807) is 0 Å². The monoisotopic (exact) mass is 166 g/mol. The van der Waals surface area contributed by atoms with Crippen LogP contribution in [-0.4, -0.2) is 42.6 Å². The molecule has 1 heterocycles. The van der Waals surface area contributed by atoms with E-state index in [4.69, 9.17) is 6.42 Å². The first-order chi connectivity index (χ1) is 5.86. The van der Waals surface area contributed by atoms with Gasteiger partial charge < -0.3 is 0 Å². The smallest absolute Gasteiger partial charge is 0.0610 e. The first-order valence-electron chi connectivity index (χ1n) is 4.75. The lowest BCUT2D eigenvalue weighted by Crippen LogP contribution is -2.26. The molecule has 0 aromatic heterocycles. The zero-order valence-corrected chi connectivity index (χ0v) is 7.92. The molecule has 0 spiro atoms. The fourth-order valence-corrected chi connectivity index (χ4v) is 1.53. The van der Waals surface area contributed by atoms with Gasteiger partial charge in [-0.2, -0.15) is 0 Å². The molecule has 0 radical (unpaired) electrons. The zero-order valence-electron chi connectivity index (χ0n) is 7.92. The van der Waals surface area contributed by atoms with Crippen LogP contribution in [0.3, 0.4) is 0 Å². The Morgan fingerprint density at radius 3 is 2.75 bits per heavy atom. The minimum absolute atomic E-state index is 0.808. The third-order valence-electron chi connectivity index (χ3n) is 2.28. The zero-order chi connectivity index (χ0) is 8.81. The van der Waals surface area contributed by atoms with Gasteiger partial charge >= 0.3 is 0 Å². The Morgan fingerprint density at radius 1 is 1.33 bits per heavy atom. The molecule has 0 aromatic carbocycles. The predicted octanol–water partition coefficient (Wildman–Crippen LogP) is 0.995. The van der Waals surface area contributed by atoms with Gasteiger partial charge in [0, 0.05) is 13.1 Å². The van der Waals surface area contributed by atoms with Crippen LogP contribution < -0.4 is 0 Å². The van der Waals surface area contributed by atoms with E-state index in [0.717, 1.165) is 19.8 Å². The summed E-state index contributed by atoms with van der Waals surface area (Å²) in [4.78, 5) is 4.79. The summed E-state index contributed by atoms with van der Waals surface area (Å²) in [6.45, 7) is 7.69. The fourth-order valence-electron chi connectivity index (χ4n) is 1.53. The molecule has 0 aliphatic carbocycles. The van der Waals surface area contributed by atoms with E-state index in [0.29, 0.717) is 0 Å². The summed E-state index contributed by atoms with van der Waals surface area (Å²) in [6, 6.07) is 0. The van der Waals surface area contributed by atoms with Gasteiger partial charge in [0.2, 0.25) is 0 Å². The minimum atomic E-state index is 0.808. The molecule has 68 valence electrons. The maximum absolute atomic E-state index is 5.24. The van der Waals surface area contributed by atoms with Gasteiger partial charge in [-0.3, -0.25) is 9.80 Å². The lowest BCUT2D eigenvalue weighted by atomic mass is 10.3. The van der Waals surface area contributed by atoms with Crippen molar-refractivity contribution in [2.45, 2.75) is 19.8 Å². The number of rotatable bonds is 4. The molecule has 1 saturated heterocycles. The quantitative estimate of drug-likeness (QED) is 0.575. The van der Waals surface area contributed by atoms with Crippen LogP contribution in [-0.2, 0) is 0 Å². The van der Waals surface area contributed by atoms with Crippen LogP contribution in [0.25, 0.3) is 0 Å². The van der Waals surface area contributed by atoms with E-state index < -0.39 is 0 Å². The summed E-state index contributed by atoms with van der Waals surface area (Å²) >= 11 is 0. The molecule has 0 aromatic rings.